The van der Waals surface area contributed by atoms with E-state index in [1.807, 2.05) is 32.9 Å². The third-order valence-corrected chi connectivity index (χ3v) is 4.07. The number of carbonyl (C=O) groups excluding carboxylic acids is 2. The van der Waals surface area contributed by atoms with E-state index in [4.69, 9.17) is 9.57 Å². The number of nitrogens with zero attached hydrogens (tertiary/aromatic N) is 2. The van der Waals surface area contributed by atoms with Crippen LogP contribution in [0.4, 0.5) is 27.5 Å². The molecule has 0 aliphatic heterocycles. The molecule has 0 saturated carbocycles. The second-order valence-electron chi connectivity index (χ2n) is 6.63. The van der Waals surface area contributed by atoms with Crippen LogP contribution in [0.3, 0.4) is 0 Å². The van der Waals surface area contributed by atoms with E-state index in [1.165, 1.54) is 6.92 Å². The maximum Gasteiger partial charge on any atom is 0.411 e. The van der Waals surface area contributed by atoms with E-state index < -0.39 is 12.1 Å². The molecule has 158 valence electrons. The molecule has 30 heavy (non-hydrogen) atoms. The lowest BCUT2D eigenvalue weighted by molar-refractivity contribution is -0.138. The maximum atomic E-state index is 11.9. The van der Waals surface area contributed by atoms with E-state index in [-0.39, 0.29) is 0 Å². The Hall–Kier alpha value is -3.64. The van der Waals surface area contributed by atoms with E-state index >= 15 is 0 Å². The lowest BCUT2D eigenvalue weighted by atomic mass is 10.2. The fraction of sp³-hybridized carbons (Fsp3) is 0.318. The number of rotatable bonds is 8. The molecule has 0 heterocycles. The van der Waals surface area contributed by atoms with Crippen molar-refractivity contribution in [2.24, 2.45) is 9.98 Å². The average molecular weight is 410 g/mol. The van der Waals surface area contributed by atoms with E-state index in [9.17, 15) is 9.59 Å². The summed E-state index contributed by atoms with van der Waals surface area (Å²) >= 11 is 0. The predicted octanol–water partition coefficient (Wildman–Crippen LogP) is 5.68. The summed E-state index contributed by atoms with van der Waals surface area (Å²) in [4.78, 5) is 36.0. The fourth-order valence-electron chi connectivity index (χ4n) is 2.33. The van der Waals surface area contributed by atoms with Gasteiger partial charge in [0.15, 0.2) is 0 Å². The molecule has 0 radical (unpaired) electrons. The Morgan fingerprint density at radius 2 is 1.60 bits per heavy atom. The summed E-state index contributed by atoms with van der Waals surface area (Å²) < 4.78 is 5.12. The standard InChI is InChI=1S/C22H26N4O4/c1-5-6-11-29-22(28)25-20-12-18(9-7-15(20)2)23-14-24-19-10-8-16(3)21(13-19)26-30-17(4)27/h7-10,12-13,26H,5-6,11H2,1-4H3,(H,25,28). The van der Waals surface area contributed by atoms with Gasteiger partial charge in [0.25, 0.3) is 0 Å². The number of hydrogen-bond acceptors (Lipinski definition) is 7. The van der Waals surface area contributed by atoms with Gasteiger partial charge in [-0.25, -0.2) is 10.3 Å². The minimum absolute atomic E-state index is 0.386. The molecule has 1 amide bonds. The minimum Gasteiger partial charge on any atom is -0.449 e. The van der Waals surface area contributed by atoms with Crippen molar-refractivity contribution in [3.63, 3.8) is 0 Å². The zero-order valence-corrected chi connectivity index (χ0v) is 17.6. The number of nitrogens with one attached hydrogen (secondary N) is 2. The van der Waals surface area contributed by atoms with Crippen LogP contribution in [0.15, 0.2) is 46.4 Å². The van der Waals surface area contributed by atoms with E-state index in [2.05, 4.69) is 26.8 Å². The van der Waals surface area contributed by atoms with Crippen LogP contribution in [0.5, 0.6) is 0 Å². The van der Waals surface area contributed by atoms with Crippen LogP contribution in [0.25, 0.3) is 0 Å². The first-order chi connectivity index (χ1) is 14.4. The van der Waals surface area contributed by atoms with Crippen LogP contribution in [0, 0.1) is 13.8 Å². The molecule has 2 N–H and O–H groups in total. The van der Waals surface area contributed by atoms with Crippen molar-refractivity contribution in [1.82, 2.24) is 0 Å². The van der Waals surface area contributed by atoms with E-state index in [0.29, 0.717) is 29.4 Å². The van der Waals surface area contributed by atoms with Crippen LogP contribution >= 0.6 is 0 Å². The molecule has 2 aromatic rings. The highest BCUT2D eigenvalue weighted by atomic mass is 16.7. The van der Waals surface area contributed by atoms with Crippen LogP contribution in [0.2, 0.25) is 0 Å². The van der Waals surface area contributed by atoms with Crippen LogP contribution in [-0.4, -0.2) is 24.7 Å². The van der Waals surface area contributed by atoms with Gasteiger partial charge >= 0.3 is 12.1 Å². The number of aliphatic imine (C=N–C) groups is 2. The van der Waals surface area contributed by atoms with Gasteiger partial charge in [0.1, 0.15) is 6.01 Å². The predicted molar refractivity (Wildman–Crippen MR) is 117 cm³/mol. The molecule has 8 heteroatoms. The smallest absolute Gasteiger partial charge is 0.411 e. The van der Waals surface area contributed by atoms with Crippen molar-refractivity contribution in [3.05, 3.63) is 47.5 Å². The highest BCUT2D eigenvalue weighted by molar-refractivity contribution is 5.86. The molecule has 0 aliphatic carbocycles. The van der Waals surface area contributed by atoms with Gasteiger partial charge < -0.3 is 9.57 Å². The van der Waals surface area contributed by atoms with Gasteiger partial charge in [0, 0.05) is 12.6 Å². The lowest BCUT2D eigenvalue weighted by Gasteiger charge is -2.09. The van der Waals surface area contributed by atoms with Gasteiger partial charge in [-0.05, 0) is 55.7 Å². The van der Waals surface area contributed by atoms with E-state index in [0.717, 1.165) is 24.0 Å². The summed E-state index contributed by atoms with van der Waals surface area (Å²) in [6, 6.07) is 13.4. The summed E-state index contributed by atoms with van der Waals surface area (Å²) in [6.45, 7) is 7.49. The first kappa shape index (κ1) is 22.6. The number of carbonyl (C=O) groups is 2. The topological polar surface area (TPSA) is 101 Å². The first-order valence-corrected chi connectivity index (χ1v) is 9.64. The lowest BCUT2D eigenvalue weighted by Crippen LogP contribution is -2.14. The van der Waals surface area contributed by atoms with Crippen molar-refractivity contribution in [3.8, 4) is 0 Å². The fourth-order valence-corrected chi connectivity index (χ4v) is 2.33. The minimum atomic E-state index is -0.492. The van der Waals surface area contributed by atoms with Gasteiger partial charge in [0.2, 0.25) is 0 Å². The van der Waals surface area contributed by atoms with Crippen molar-refractivity contribution in [2.45, 2.75) is 40.5 Å². The molecular weight excluding hydrogens is 384 g/mol. The highest BCUT2D eigenvalue weighted by Crippen LogP contribution is 2.24. The van der Waals surface area contributed by atoms with Gasteiger partial charge in [-0.1, -0.05) is 25.5 Å². The second-order valence-corrected chi connectivity index (χ2v) is 6.63. The number of ether oxygens (including phenoxy) is 1. The normalized spacial score (nSPS) is 9.87. The first-order valence-electron chi connectivity index (χ1n) is 9.64. The summed E-state index contributed by atoms with van der Waals surface area (Å²) in [6.07, 6.45) is 1.29. The van der Waals surface area contributed by atoms with Crippen molar-refractivity contribution in [1.29, 1.82) is 0 Å². The monoisotopic (exact) mass is 410 g/mol. The van der Waals surface area contributed by atoms with Gasteiger partial charge in [0.05, 0.1) is 23.7 Å². The molecule has 2 aromatic carbocycles. The Balaban J connectivity index is 2.10. The van der Waals surface area contributed by atoms with Crippen LogP contribution < -0.4 is 10.8 Å². The van der Waals surface area contributed by atoms with Gasteiger partial charge in [-0.3, -0.25) is 10.1 Å². The zero-order chi connectivity index (χ0) is 21.9. The molecule has 2 rings (SSSR count). The zero-order valence-electron chi connectivity index (χ0n) is 17.6. The number of hydrogen-bond donors (Lipinski definition) is 2. The van der Waals surface area contributed by atoms with E-state index in [1.54, 1.807) is 24.3 Å². The molecule has 0 bridgehead atoms. The summed E-state index contributed by atoms with van der Waals surface area (Å²) in [7, 11) is 0. The molecule has 0 unspecified atom stereocenters. The van der Waals surface area contributed by atoms with Crippen molar-refractivity contribution < 1.29 is 19.2 Å². The second kappa shape index (κ2) is 11.4. The molecular formula is C22H26N4O4. The quantitative estimate of drug-likeness (QED) is 0.331. The summed E-state index contributed by atoms with van der Waals surface area (Å²) in [5, 5.41) is 2.73. The van der Waals surface area contributed by atoms with Gasteiger partial charge in [-0.15, -0.1) is 0 Å². The van der Waals surface area contributed by atoms with Crippen molar-refractivity contribution in [2.75, 3.05) is 17.4 Å². The molecule has 0 spiro atoms. The SMILES string of the molecule is CCCCOC(=O)Nc1cc(N=C=Nc2ccc(C)c(NOC(C)=O)c2)ccc1C. The number of aryl methyl sites for hydroxylation is 2. The van der Waals surface area contributed by atoms with Crippen LogP contribution in [-0.2, 0) is 14.4 Å². The van der Waals surface area contributed by atoms with Crippen LogP contribution in [0.1, 0.15) is 37.8 Å². The highest BCUT2D eigenvalue weighted by Gasteiger charge is 2.06. The molecule has 0 fully saturated rings. The third kappa shape index (κ3) is 7.41. The Morgan fingerprint density at radius 3 is 2.20 bits per heavy atom. The van der Waals surface area contributed by atoms with Crippen molar-refractivity contribution >= 4 is 40.8 Å². The summed E-state index contributed by atoms with van der Waals surface area (Å²) in [5.41, 5.74) is 6.78. The third-order valence-electron chi connectivity index (χ3n) is 4.07. The van der Waals surface area contributed by atoms with Gasteiger partial charge in [-0.2, -0.15) is 9.98 Å². The Morgan fingerprint density at radius 1 is 1.00 bits per heavy atom. The Bertz CT molecular complexity index is 966. The summed E-state index contributed by atoms with van der Waals surface area (Å²) in [5.74, 6) is -0.442. The number of benzene rings is 2. The maximum absolute atomic E-state index is 11.9. The Kier molecular flexibility index (Phi) is 8.59. The number of unbranched alkanes of at least 4 members (excludes halogenated alkanes) is 1. The largest absolute Gasteiger partial charge is 0.449 e. The molecule has 0 saturated heterocycles. The Labute approximate surface area is 176 Å². The number of anilines is 2. The molecule has 0 aliphatic rings. The molecule has 8 nitrogen and oxygen atoms in total. The number of amides is 1. The molecule has 0 atom stereocenters. The molecule has 0 aromatic heterocycles. The average Bonchev–Trinajstić information content (AvgIpc) is 2.70.